The quantitative estimate of drug-likeness (QED) is 0.615. The van der Waals surface area contributed by atoms with E-state index < -0.39 is 6.09 Å². The summed E-state index contributed by atoms with van der Waals surface area (Å²) in [7, 11) is 0. The highest BCUT2D eigenvalue weighted by molar-refractivity contribution is 5.92. The fourth-order valence-corrected chi connectivity index (χ4v) is 4.33. The number of halogens is 1. The SMILES string of the molecule is CC1(NC(=O)O[C@@H]2CO[C@H](c3cc(NC(=O)[C@H]4CCN(c5ccccc5F)C4)n[nH]3)C2)CC1. The van der Waals surface area contributed by atoms with Gasteiger partial charge in [-0.05, 0) is 38.3 Å². The molecule has 5 rings (SSSR count). The van der Waals surface area contributed by atoms with Gasteiger partial charge in [-0.2, -0.15) is 5.10 Å². The molecule has 33 heavy (non-hydrogen) atoms. The van der Waals surface area contributed by atoms with Crippen LogP contribution in [0.4, 0.5) is 20.7 Å². The van der Waals surface area contributed by atoms with Gasteiger partial charge in [0.2, 0.25) is 5.91 Å². The van der Waals surface area contributed by atoms with Crippen molar-refractivity contribution in [2.45, 2.75) is 50.4 Å². The Kier molecular flexibility index (Phi) is 5.69. The molecule has 10 heteroatoms. The Morgan fingerprint density at radius 3 is 2.94 bits per heavy atom. The van der Waals surface area contributed by atoms with Crippen molar-refractivity contribution >= 4 is 23.5 Å². The number of benzene rings is 1. The lowest BCUT2D eigenvalue weighted by Gasteiger charge is -2.19. The van der Waals surface area contributed by atoms with Gasteiger partial charge in [-0.1, -0.05) is 12.1 Å². The van der Waals surface area contributed by atoms with Crippen LogP contribution in [0.1, 0.15) is 44.4 Å². The molecule has 176 valence electrons. The maximum atomic E-state index is 14.0. The smallest absolute Gasteiger partial charge is 0.407 e. The average Bonchev–Trinajstić information content (AvgIpc) is 3.23. The van der Waals surface area contributed by atoms with Crippen LogP contribution in [0.2, 0.25) is 0 Å². The van der Waals surface area contributed by atoms with Crippen LogP contribution in [-0.2, 0) is 14.3 Å². The topological polar surface area (TPSA) is 109 Å². The molecule has 0 spiro atoms. The van der Waals surface area contributed by atoms with Gasteiger partial charge in [-0.3, -0.25) is 9.89 Å². The van der Waals surface area contributed by atoms with E-state index in [9.17, 15) is 14.0 Å². The van der Waals surface area contributed by atoms with Crippen LogP contribution >= 0.6 is 0 Å². The third kappa shape index (κ3) is 4.95. The van der Waals surface area contributed by atoms with E-state index in [1.807, 2.05) is 11.8 Å². The summed E-state index contributed by atoms with van der Waals surface area (Å²) in [6.45, 7) is 3.37. The van der Waals surface area contributed by atoms with Gasteiger partial charge in [0.15, 0.2) is 5.82 Å². The van der Waals surface area contributed by atoms with Crippen molar-refractivity contribution in [2.75, 3.05) is 29.9 Å². The highest BCUT2D eigenvalue weighted by Crippen LogP contribution is 2.35. The molecule has 3 fully saturated rings. The monoisotopic (exact) mass is 457 g/mol. The maximum Gasteiger partial charge on any atom is 0.407 e. The molecule has 2 aliphatic heterocycles. The number of carbonyl (C=O) groups excluding carboxylic acids is 2. The van der Waals surface area contributed by atoms with Crippen molar-refractivity contribution in [3.8, 4) is 0 Å². The van der Waals surface area contributed by atoms with Crippen LogP contribution in [0.5, 0.6) is 0 Å². The molecular weight excluding hydrogens is 429 g/mol. The number of hydrogen-bond donors (Lipinski definition) is 3. The minimum absolute atomic E-state index is 0.127. The molecule has 9 nitrogen and oxygen atoms in total. The highest BCUT2D eigenvalue weighted by atomic mass is 19.1. The van der Waals surface area contributed by atoms with Crippen LogP contribution in [0.3, 0.4) is 0 Å². The van der Waals surface area contributed by atoms with Gasteiger partial charge < -0.3 is 25.0 Å². The van der Waals surface area contributed by atoms with Crippen LogP contribution in [0.25, 0.3) is 0 Å². The van der Waals surface area contributed by atoms with E-state index in [4.69, 9.17) is 9.47 Å². The van der Waals surface area contributed by atoms with Crippen LogP contribution < -0.4 is 15.5 Å². The Morgan fingerprint density at radius 2 is 2.15 bits per heavy atom. The highest BCUT2D eigenvalue weighted by Gasteiger charge is 2.40. The predicted octanol–water partition coefficient (Wildman–Crippen LogP) is 3.12. The molecule has 1 aromatic heterocycles. The van der Waals surface area contributed by atoms with Gasteiger partial charge in [0.05, 0.1) is 23.9 Å². The van der Waals surface area contributed by atoms with Crippen LogP contribution in [0, 0.1) is 11.7 Å². The lowest BCUT2D eigenvalue weighted by molar-refractivity contribution is -0.119. The lowest BCUT2D eigenvalue weighted by atomic mass is 10.1. The Hall–Kier alpha value is -3.14. The van der Waals surface area contributed by atoms with Gasteiger partial charge in [0.1, 0.15) is 18.0 Å². The summed E-state index contributed by atoms with van der Waals surface area (Å²) in [6.07, 6.45) is 2.06. The molecule has 2 aromatic rings. The van der Waals surface area contributed by atoms with Crippen molar-refractivity contribution in [3.63, 3.8) is 0 Å². The number of anilines is 2. The predicted molar refractivity (Wildman–Crippen MR) is 118 cm³/mol. The largest absolute Gasteiger partial charge is 0.444 e. The fourth-order valence-electron chi connectivity index (χ4n) is 4.33. The first-order valence-corrected chi connectivity index (χ1v) is 11.3. The van der Waals surface area contributed by atoms with E-state index in [2.05, 4.69) is 20.8 Å². The van der Waals surface area contributed by atoms with E-state index in [0.29, 0.717) is 49.7 Å². The normalized spacial score (nSPS) is 25.6. The number of nitrogens with one attached hydrogen (secondary N) is 3. The second kappa shape index (κ2) is 8.66. The maximum absolute atomic E-state index is 14.0. The van der Waals surface area contributed by atoms with Gasteiger partial charge in [-0.15, -0.1) is 0 Å². The van der Waals surface area contributed by atoms with Gasteiger partial charge in [-0.25, -0.2) is 9.18 Å². The van der Waals surface area contributed by atoms with Crippen molar-refractivity contribution in [3.05, 3.63) is 41.8 Å². The second-order valence-electron chi connectivity index (χ2n) is 9.35. The summed E-state index contributed by atoms with van der Waals surface area (Å²) in [6, 6.07) is 8.33. The summed E-state index contributed by atoms with van der Waals surface area (Å²) in [5.41, 5.74) is 1.10. The molecule has 0 radical (unpaired) electrons. The lowest BCUT2D eigenvalue weighted by Crippen LogP contribution is -2.37. The molecule has 3 heterocycles. The molecular formula is C23H28FN5O4. The van der Waals surface area contributed by atoms with E-state index >= 15 is 0 Å². The zero-order valence-corrected chi connectivity index (χ0v) is 18.5. The number of para-hydroxylation sites is 1. The molecule has 1 saturated carbocycles. The standard InChI is InChI=1S/C23H28FN5O4/c1-23(7-8-23)26-22(31)33-15-10-19(32-13-15)17-11-20(28-27-17)25-21(30)14-6-9-29(12-14)18-5-3-2-4-16(18)24/h2-5,11,14-15,19H,6-10,12-13H2,1H3,(H,26,31)(H2,25,27,28,30)/t14-,15-,19-/m0/s1. The Bertz CT molecular complexity index is 1040. The molecule has 0 unspecified atom stereocenters. The number of amides is 2. The number of aromatic nitrogens is 2. The van der Waals surface area contributed by atoms with Gasteiger partial charge in [0.25, 0.3) is 0 Å². The van der Waals surface area contributed by atoms with Crippen molar-refractivity contribution < 1.29 is 23.5 Å². The summed E-state index contributed by atoms with van der Waals surface area (Å²) in [5, 5.41) is 12.8. The number of aromatic amines is 1. The Labute approximate surface area is 191 Å². The van der Waals surface area contributed by atoms with Crippen molar-refractivity contribution in [1.82, 2.24) is 15.5 Å². The van der Waals surface area contributed by atoms with Crippen LogP contribution in [0.15, 0.2) is 30.3 Å². The number of alkyl carbamates (subject to hydrolysis) is 1. The summed E-state index contributed by atoms with van der Waals surface area (Å²) >= 11 is 0. The van der Waals surface area contributed by atoms with Crippen LogP contribution in [-0.4, -0.2) is 53.5 Å². The molecule has 1 aromatic carbocycles. The third-order valence-electron chi connectivity index (χ3n) is 6.59. The number of ether oxygens (including phenoxy) is 2. The molecule has 2 saturated heterocycles. The minimum Gasteiger partial charge on any atom is -0.444 e. The minimum atomic E-state index is -0.414. The molecule has 0 bridgehead atoms. The van der Waals surface area contributed by atoms with Gasteiger partial charge >= 0.3 is 6.09 Å². The number of H-pyrrole nitrogens is 1. The molecule has 3 N–H and O–H groups in total. The zero-order valence-electron chi connectivity index (χ0n) is 18.5. The van der Waals surface area contributed by atoms with E-state index in [1.54, 1.807) is 24.3 Å². The van der Waals surface area contributed by atoms with E-state index in [-0.39, 0.29) is 35.4 Å². The first-order valence-electron chi connectivity index (χ1n) is 11.3. The van der Waals surface area contributed by atoms with Crippen molar-refractivity contribution in [1.29, 1.82) is 0 Å². The number of hydrogen-bond acceptors (Lipinski definition) is 6. The molecule has 3 atom stereocenters. The second-order valence-corrected chi connectivity index (χ2v) is 9.35. The van der Waals surface area contributed by atoms with E-state index in [0.717, 1.165) is 12.8 Å². The fraction of sp³-hybridized carbons (Fsp3) is 0.522. The Morgan fingerprint density at radius 1 is 1.33 bits per heavy atom. The summed E-state index contributed by atoms with van der Waals surface area (Å²) in [5.74, 6) is -0.275. The molecule has 1 aliphatic carbocycles. The first kappa shape index (κ1) is 21.7. The number of carbonyl (C=O) groups is 2. The summed E-state index contributed by atoms with van der Waals surface area (Å²) in [4.78, 5) is 26.6. The number of nitrogens with zero attached hydrogens (tertiary/aromatic N) is 2. The van der Waals surface area contributed by atoms with E-state index in [1.165, 1.54) is 6.07 Å². The van der Waals surface area contributed by atoms with Gasteiger partial charge in [0, 0.05) is 31.1 Å². The summed E-state index contributed by atoms with van der Waals surface area (Å²) < 4.78 is 25.3. The zero-order chi connectivity index (χ0) is 23.0. The average molecular weight is 458 g/mol. The third-order valence-corrected chi connectivity index (χ3v) is 6.59. The molecule has 3 aliphatic rings. The molecule has 2 amide bonds. The number of rotatable bonds is 6. The van der Waals surface area contributed by atoms with Crippen molar-refractivity contribution in [2.24, 2.45) is 5.92 Å². The first-order chi connectivity index (χ1) is 15.9. The Balaban J connectivity index is 1.11.